The van der Waals surface area contributed by atoms with Gasteiger partial charge in [0.2, 0.25) is 0 Å². The second-order valence-corrected chi connectivity index (χ2v) is 5.41. The van der Waals surface area contributed by atoms with E-state index in [0.29, 0.717) is 10.8 Å². The van der Waals surface area contributed by atoms with Crippen molar-refractivity contribution in [1.29, 1.82) is 0 Å². The molecule has 20 heavy (non-hydrogen) atoms. The predicted molar refractivity (Wildman–Crippen MR) is 85.0 cm³/mol. The molecule has 0 saturated heterocycles. The third kappa shape index (κ3) is 3.66. The van der Waals surface area contributed by atoms with Crippen LogP contribution >= 0.6 is 23.2 Å². The van der Waals surface area contributed by atoms with E-state index in [-0.39, 0.29) is 6.04 Å². The molecule has 1 unspecified atom stereocenters. The second-order valence-electron chi connectivity index (χ2n) is 4.57. The van der Waals surface area contributed by atoms with Crippen molar-refractivity contribution in [2.24, 2.45) is 0 Å². The lowest BCUT2D eigenvalue weighted by molar-refractivity contribution is 0.414. The van der Waals surface area contributed by atoms with Crippen LogP contribution in [0.3, 0.4) is 0 Å². The number of ether oxygens (including phenoxy) is 1. The molecule has 2 aromatic carbocycles. The van der Waals surface area contributed by atoms with Crippen molar-refractivity contribution < 1.29 is 4.74 Å². The Kier molecular flexibility index (Phi) is 5.30. The van der Waals surface area contributed by atoms with Crippen molar-refractivity contribution in [1.82, 2.24) is 5.32 Å². The monoisotopic (exact) mass is 309 g/mol. The largest absolute Gasteiger partial charge is 0.495 e. The van der Waals surface area contributed by atoms with Gasteiger partial charge in [-0.05, 0) is 48.9 Å². The fourth-order valence-electron chi connectivity index (χ4n) is 2.14. The fraction of sp³-hybridized carbons (Fsp3) is 0.250. The van der Waals surface area contributed by atoms with Gasteiger partial charge in [0, 0.05) is 11.1 Å². The Morgan fingerprint density at radius 2 is 1.80 bits per heavy atom. The Balaban J connectivity index is 2.19. The summed E-state index contributed by atoms with van der Waals surface area (Å²) in [7, 11) is 3.56. The van der Waals surface area contributed by atoms with Gasteiger partial charge >= 0.3 is 0 Å². The van der Waals surface area contributed by atoms with Crippen molar-refractivity contribution in [2.75, 3.05) is 14.2 Å². The summed E-state index contributed by atoms with van der Waals surface area (Å²) < 4.78 is 5.18. The van der Waals surface area contributed by atoms with Gasteiger partial charge in [0.15, 0.2) is 0 Å². The number of hydrogen-bond donors (Lipinski definition) is 1. The van der Waals surface area contributed by atoms with Crippen LogP contribution in [0.4, 0.5) is 0 Å². The third-order valence-electron chi connectivity index (χ3n) is 3.28. The lowest BCUT2D eigenvalue weighted by Crippen LogP contribution is -2.18. The van der Waals surface area contributed by atoms with Crippen LogP contribution in [0.15, 0.2) is 42.5 Å². The first-order chi connectivity index (χ1) is 9.63. The lowest BCUT2D eigenvalue weighted by Gasteiger charge is -2.18. The molecular weight excluding hydrogens is 293 g/mol. The molecule has 0 aliphatic rings. The van der Waals surface area contributed by atoms with Gasteiger partial charge in [0.05, 0.1) is 12.1 Å². The number of nitrogens with one attached hydrogen (secondary N) is 1. The van der Waals surface area contributed by atoms with Crippen LogP contribution in [-0.2, 0) is 6.42 Å². The predicted octanol–water partition coefficient (Wildman–Crippen LogP) is 4.51. The van der Waals surface area contributed by atoms with Crippen LogP contribution in [0.5, 0.6) is 5.75 Å². The molecule has 0 aromatic heterocycles. The Morgan fingerprint density at radius 3 is 2.35 bits per heavy atom. The minimum atomic E-state index is 0.194. The first kappa shape index (κ1) is 15.2. The average Bonchev–Trinajstić information content (AvgIpc) is 2.46. The molecule has 0 saturated carbocycles. The highest BCUT2D eigenvalue weighted by atomic mass is 35.5. The van der Waals surface area contributed by atoms with Crippen molar-refractivity contribution in [3.8, 4) is 5.75 Å². The molecule has 0 fully saturated rings. The van der Waals surface area contributed by atoms with Gasteiger partial charge in [-0.15, -0.1) is 0 Å². The molecule has 106 valence electrons. The Morgan fingerprint density at radius 1 is 1.10 bits per heavy atom. The van der Waals surface area contributed by atoms with Gasteiger partial charge in [-0.2, -0.15) is 0 Å². The SMILES string of the molecule is CNC(Cc1ccc(Cl)cc1)c1ccc(OC)c(Cl)c1. The van der Waals surface area contributed by atoms with Crippen LogP contribution in [0.25, 0.3) is 0 Å². The number of likely N-dealkylation sites (N-methyl/N-ethyl adjacent to an activating group) is 1. The van der Waals surface area contributed by atoms with Gasteiger partial charge in [-0.3, -0.25) is 0 Å². The van der Waals surface area contributed by atoms with E-state index >= 15 is 0 Å². The highest BCUT2D eigenvalue weighted by molar-refractivity contribution is 6.32. The van der Waals surface area contributed by atoms with E-state index in [1.807, 2.05) is 49.5 Å². The lowest BCUT2D eigenvalue weighted by atomic mass is 9.99. The minimum absolute atomic E-state index is 0.194. The number of benzene rings is 2. The van der Waals surface area contributed by atoms with E-state index in [9.17, 15) is 0 Å². The van der Waals surface area contributed by atoms with E-state index in [4.69, 9.17) is 27.9 Å². The van der Waals surface area contributed by atoms with Crippen molar-refractivity contribution >= 4 is 23.2 Å². The molecule has 2 rings (SSSR count). The van der Waals surface area contributed by atoms with Crippen molar-refractivity contribution in [3.63, 3.8) is 0 Å². The maximum absolute atomic E-state index is 6.18. The van der Waals surface area contributed by atoms with Crippen LogP contribution < -0.4 is 10.1 Å². The van der Waals surface area contributed by atoms with E-state index < -0.39 is 0 Å². The maximum atomic E-state index is 6.18. The summed E-state index contributed by atoms with van der Waals surface area (Å²) in [6, 6.07) is 14.0. The summed E-state index contributed by atoms with van der Waals surface area (Å²) in [5.41, 5.74) is 2.36. The van der Waals surface area contributed by atoms with Crippen LogP contribution in [0.1, 0.15) is 17.2 Å². The Bertz CT molecular complexity index is 569. The molecule has 0 heterocycles. The zero-order chi connectivity index (χ0) is 14.5. The zero-order valence-corrected chi connectivity index (χ0v) is 13.0. The fourth-order valence-corrected chi connectivity index (χ4v) is 2.53. The number of methoxy groups -OCH3 is 1. The first-order valence-electron chi connectivity index (χ1n) is 6.39. The smallest absolute Gasteiger partial charge is 0.137 e. The van der Waals surface area contributed by atoms with E-state index in [0.717, 1.165) is 17.0 Å². The summed E-state index contributed by atoms with van der Waals surface area (Å²) in [5.74, 6) is 0.691. The molecule has 0 radical (unpaired) electrons. The van der Waals surface area contributed by atoms with Gasteiger partial charge < -0.3 is 10.1 Å². The molecule has 0 spiro atoms. The van der Waals surface area contributed by atoms with Crippen LogP contribution in [0.2, 0.25) is 10.0 Å². The molecule has 4 heteroatoms. The van der Waals surface area contributed by atoms with Crippen molar-refractivity contribution in [3.05, 3.63) is 63.6 Å². The average molecular weight is 310 g/mol. The molecular formula is C16H17Cl2NO. The molecule has 1 N–H and O–H groups in total. The third-order valence-corrected chi connectivity index (χ3v) is 3.83. The van der Waals surface area contributed by atoms with Gasteiger partial charge in [0.25, 0.3) is 0 Å². The Labute approximate surface area is 129 Å². The standard InChI is InChI=1S/C16H17Cl2NO/c1-19-15(9-11-3-6-13(17)7-4-11)12-5-8-16(20-2)14(18)10-12/h3-8,10,15,19H,9H2,1-2H3. The zero-order valence-electron chi connectivity index (χ0n) is 11.5. The van der Waals surface area contributed by atoms with Gasteiger partial charge in [-0.25, -0.2) is 0 Å². The quantitative estimate of drug-likeness (QED) is 0.877. The summed E-state index contributed by atoms with van der Waals surface area (Å²) in [5, 5.41) is 4.69. The summed E-state index contributed by atoms with van der Waals surface area (Å²) >= 11 is 12.1. The molecule has 1 atom stereocenters. The number of halogens is 2. The Hall–Kier alpha value is -1.22. The number of hydrogen-bond acceptors (Lipinski definition) is 2. The van der Waals surface area contributed by atoms with E-state index in [2.05, 4.69) is 5.32 Å². The first-order valence-corrected chi connectivity index (χ1v) is 7.14. The second kappa shape index (κ2) is 6.98. The van der Waals surface area contributed by atoms with Crippen molar-refractivity contribution in [2.45, 2.75) is 12.5 Å². The molecule has 0 bridgehead atoms. The molecule has 2 aromatic rings. The molecule has 2 nitrogen and oxygen atoms in total. The van der Waals surface area contributed by atoms with Gasteiger partial charge in [-0.1, -0.05) is 41.4 Å². The summed E-state index contributed by atoms with van der Waals surface area (Å²) in [4.78, 5) is 0. The topological polar surface area (TPSA) is 21.3 Å². The molecule has 0 aliphatic carbocycles. The highest BCUT2D eigenvalue weighted by Gasteiger charge is 2.12. The summed E-state index contributed by atoms with van der Waals surface area (Å²) in [6.07, 6.45) is 0.871. The van der Waals surface area contributed by atoms with Crippen LogP contribution in [-0.4, -0.2) is 14.2 Å². The summed E-state index contributed by atoms with van der Waals surface area (Å²) in [6.45, 7) is 0. The highest BCUT2D eigenvalue weighted by Crippen LogP contribution is 2.29. The van der Waals surface area contributed by atoms with E-state index in [1.54, 1.807) is 7.11 Å². The molecule has 0 amide bonds. The minimum Gasteiger partial charge on any atom is -0.495 e. The molecule has 0 aliphatic heterocycles. The van der Waals surface area contributed by atoms with E-state index in [1.165, 1.54) is 5.56 Å². The maximum Gasteiger partial charge on any atom is 0.137 e. The normalized spacial score (nSPS) is 12.2. The number of rotatable bonds is 5. The van der Waals surface area contributed by atoms with Gasteiger partial charge in [0.1, 0.15) is 5.75 Å². The van der Waals surface area contributed by atoms with Crippen LogP contribution in [0, 0.1) is 0 Å².